The number of carbonyl (C=O) groups is 1. The van der Waals surface area contributed by atoms with Crippen LogP contribution in [0.3, 0.4) is 0 Å². The number of guanidine groups is 1. The number of hydrogen-bond donors (Lipinski definition) is 3. The molecule has 10 nitrogen and oxygen atoms in total. The predicted molar refractivity (Wildman–Crippen MR) is 69.6 cm³/mol. The maximum atomic E-state index is 10.7. The number of non-ortho nitro benzene ring substituents is 1. The van der Waals surface area contributed by atoms with Gasteiger partial charge in [0.2, 0.25) is 5.96 Å². The highest BCUT2D eigenvalue weighted by molar-refractivity contribution is 5.85. The van der Waals surface area contributed by atoms with Gasteiger partial charge in [0, 0.05) is 17.7 Å². The first-order valence-electron chi connectivity index (χ1n) is 5.15. The number of nitrogens with two attached hydrogens (primary N) is 2. The van der Waals surface area contributed by atoms with Crippen LogP contribution < -0.4 is 16.2 Å². The van der Waals surface area contributed by atoms with Crippen LogP contribution in [-0.2, 0) is 4.79 Å². The van der Waals surface area contributed by atoms with Gasteiger partial charge in [-0.1, -0.05) is 0 Å². The molecule has 1 aromatic rings. The van der Waals surface area contributed by atoms with Gasteiger partial charge in [-0.3, -0.25) is 10.1 Å². The van der Waals surface area contributed by atoms with Crippen LogP contribution in [0.5, 0.6) is 5.75 Å². The molecule has 1 aromatic carbocycles. The number of nitro groups is 1. The third kappa shape index (κ3) is 4.60. The van der Waals surface area contributed by atoms with Crippen LogP contribution in [0.15, 0.2) is 28.4 Å². The van der Waals surface area contributed by atoms with Gasteiger partial charge in [-0.15, -0.1) is 5.10 Å². The highest BCUT2D eigenvalue weighted by Gasteiger charge is 2.11. The van der Waals surface area contributed by atoms with Crippen molar-refractivity contribution in [1.29, 1.82) is 0 Å². The quantitative estimate of drug-likeness (QED) is 0.277. The van der Waals surface area contributed by atoms with Gasteiger partial charge in [0.15, 0.2) is 6.61 Å². The van der Waals surface area contributed by atoms with Crippen LogP contribution in [0.4, 0.5) is 5.69 Å². The summed E-state index contributed by atoms with van der Waals surface area (Å²) in [5.41, 5.74) is 10.1. The van der Waals surface area contributed by atoms with Crippen LogP contribution in [0, 0.1) is 10.1 Å². The molecule has 0 aliphatic heterocycles. The van der Waals surface area contributed by atoms with Crippen molar-refractivity contribution >= 4 is 23.8 Å². The molecule has 0 atom stereocenters. The minimum Gasteiger partial charge on any atom is -0.481 e. The molecule has 10 heteroatoms. The van der Waals surface area contributed by atoms with Gasteiger partial charge in [0.1, 0.15) is 5.75 Å². The summed E-state index contributed by atoms with van der Waals surface area (Å²) in [7, 11) is 0. The maximum absolute atomic E-state index is 10.7. The first-order valence-corrected chi connectivity index (χ1v) is 5.15. The van der Waals surface area contributed by atoms with Gasteiger partial charge in [-0.05, 0) is 6.07 Å². The van der Waals surface area contributed by atoms with E-state index in [1.165, 1.54) is 12.1 Å². The van der Waals surface area contributed by atoms with E-state index in [1.807, 2.05) is 0 Å². The van der Waals surface area contributed by atoms with Crippen molar-refractivity contribution in [2.45, 2.75) is 0 Å². The smallest absolute Gasteiger partial charge is 0.341 e. The minimum atomic E-state index is -1.18. The first kappa shape index (κ1) is 14.9. The normalized spacial score (nSPS) is 10.2. The topological polar surface area (TPSA) is 166 Å². The second-order valence-corrected chi connectivity index (χ2v) is 3.43. The standard InChI is InChI=1S/C10H11N5O5/c11-10(12)14-13-4-6-3-7(15(18)19)1-2-8(6)20-5-9(16)17/h1-4H,5H2,(H,16,17)(H4,11,12,14)/b13-4+. The highest BCUT2D eigenvalue weighted by atomic mass is 16.6. The van der Waals surface area contributed by atoms with Crippen molar-refractivity contribution in [3.05, 3.63) is 33.9 Å². The summed E-state index contributed by atoms with van der Waals surface area (Å²) in [5, 5.41) is 26.0. The molecule has 1 rings (SSSR count). The number of nitro benzene ring substituents is 1. The molecule has 0 saturated carbocycles. The number of carboxylic acid groups (broad SMARTS) is 1. The van der Waals surface area contributed by atoms with Crippen LogP contribution in [-0.4, -0.2) is 34.8 Å². The molecular formula is C10H11N5O5. The van der Waals surface area contributed by atoms with Crippen molar-refractivity contribution in [3.63, 3.8) is 0 Å². The molecule has 0 aliphatic carbocycles. The van der Waals surface area contributed by atoms with Crippen molar-refractivity contribution in [2.24, 2.45) is 21.7 Å². The third-order valence-electron chi connectivity index (χ3n) is 1.93. The second kappa shape index (κ2) is 6.68. The lowest BCUT2D eigenvalue weighted by Gasteiger charge is -2.06. The zero-order valence-electron chi connectivity index (χ0n) is 10.1. The lowest BCUT2D eigenvalue weighted by Crippen LogP contribution is -2.21. The molecule has 106 valence electrons. The molecule has 0 bridgehead atoms. The molecule has 0 aromatic heterocycles. The summed E-state index contributed by atoms with van der Waals surface area (Å²) in [6.07, 6.45) is 1.11. The molecule has 0 saturated heterocycles. The van der Waals surface area contributed by atoms with Crippen LogP contribution >= 0.6 is 0 Å². The number of hydrogen-bond acceptors (Lipinski definition) is 6. The van der Waals surface area contributed by atoms with E-state index in [0.717, 1.165) is 12.3 Å². The summed E-state index contributed by atoms with van der Waals surface area (Å²) in [6, 6.07) is 3.59. The van der Waals surface area contributed by atoms with E-state index >= 15 is 0 Å². The fourth-order valence-electron chi connectivity index (χ4n) is 1.18. The van der Waals surface area contributed by atoms with Gasteiger partial charge >= 0.3 is 5.97 Å². The number of carboxylic acids is 1. The Hall–Kier alpha value is -3.17. The zero-order valence-corrected chi connectivity index (χ0v) is 10.1. The van der Waals surface area contributed by atoms with Gasteiger partial charge in [0.05, 0.1) is 11.1 Å². The van der Waals surface area contributed by atoms with E-state index in [9.17, 15) is 14.9 Å². The van der Waals surface area contributed by atoms with E-state index in [0.29, 0.717) is 0 Å². The van der Waals surface area contributed by atoms with E-state index in [1.54, 1.807) is 0 Å². The van der Waals surface area contributed by atoms with Crippen LogP contribution in [0.1, 0.15) is 5.56 Å². The van der Waals surface area contributed by atoms with Gasteiger partial charge < -0.3 is 21.3 Å². The summed E-state index contributed by atoms with van der Waals surface area (Å²) in [4.78, 5) is 20.5. The molecular weight excluding hydrogens is 270 g/mol. The molecule has 0 radical (unpaired) electrons. The lowest BCUT2D eigenvalue weighted by molar-refractivity contribution is -0.384. The van der Waals surface area contributed by atoms with E-state index in [-0.39, 0.29) is 23.0 Å². The van der Waals surface area contributed by atoms with Gasteiger partial charge in [-0.2, -0.15) is 5.10 Å². The summed E-state index contributed by atoms with van der Waals surface area (Å²) in [6.45, 7) is -0.596. The van der Waals surface area contributed by atoms with Crippen molar-refractivity contribution < 1.29 is 19.6 Å². The largest absolute Gasteiger partial charge is 0.481 e. The average molecular weight is 281 g/mol. The molecule has 0 aliphatic rings. The number of ether oxygens (including phenoxy) is 1. The average Bonchev–Trinajstić information content (AvgIpc) is 2.36. The predicted octanol–water partition coefficient (Wildman–Crippen LogP) is -0.335. The van der Waals surface area contributed by atoms with E-state index in [2.05, 4.69) is 10.2 Å². The van der Waals surface area contributed by atoms with Crippen molar-refractivity contribution in [1.82, 2.24) is 0 Å². The number of rotatable bonds is 6. The molecule has 5 N–H and O–H groups in total. The summed E-state index contributed by atoms with van der Waals surface area (Å²) < 4.78 is 4.97. The SMILES string of the molecule is NC(N)=N/N=C/c1cc([N+](=O)[O-])ccc1OCC(=O)O. The fraction of sp³-hybridized carbons (Fsp3) is 0.100. The summed E-state index contributed by atoms with van der Waals surface area (Å²) >= 11 is 0. The van der Waals surface area contributed by atoms with Crippen LogP contribution in [0.2, 0.25) is 0 Å². The van der Waals surface area contributed by atoms with E-state index < -0.39 is 17.5 Å². The zero-order chi connectivity index (χ0) is 15.1. The number of nitrogens with zero attached hydrogens (tertiary/aromatic N) is 3. The summed E-state index contributed by atoms with van der Waals surface area (Å²) in [5.74, 6) is -1.37. The van der Waals surface area contributed by atoms with Crippen LogP contribution in [0.25, 0.3) is 0 Å². The molecule has 0 heterocycles. The Labute approximate surface area is 112 Å². The molecule has 0 fully saturated rings. The number of aliphatic carboxylic acids is 1. The first-order chi connectivity index (χ1) is 9.40. The Morgan fingerprint density at radius 3 is 2.75 bits per heavy atom. The molecule has 20 heavy (non-hydrogen) atoms. The Bertz CT molecular complexity index is 579. The minimum absolute atomic E-state index is 0.104. The Kier molecular flexibility index (Phi) is 4.97. The second-order valence-electron chi connectivity index (χ2n) is 3.43. The Morgan fingerprint density at radius 1 is 1.50 bits per heavy atom. The van der Waals surface area contributed by atoms with Gasteiger partial charge in [0.25, 0.3) is 5.69 Å². The third-order valence-corrected chi connectivity index (χ3v) is 1.93. The molecule has 0 amide bonds. The van der Waals surface area contributed by atoms with E-state index in [4.69, 9.17) is 21.3 Å². The monoisotopic (exact) mass is 281 g/mol. The molecule has 0 spiro atoms. The fourth-order valence-corrected chi connectivity index (χ4v) is 1.18. The Balaban J connectivity index is 3.09. The highest BCUT2D eigenvalue weighted by Crippen LogP contribution is 2.22. The Morgan fingerprint density at radius 2 is 2.20 bits per heavy atom. The number of benzene rings is 1. The molecule has 0 unspecified atom stereocenters. The lowest BCUT2D eigenvalue weighted by atomic mass is 10.2. The van der Waals surface area contributed by atoms with Crippen molar-refractivity contribution in [3.8, 4) is 5.75 Å². The maximum Gasteiger partial charge on any atom is 0.341 e. The van der Waals surface area contributed by atoms with Crippen molar-refractivity contribution in [2.75, 3.05) is 6.61 Å². The van der Waals surface area contributed by atoms with Gasteiger partial charge in [-0.25, -0.2) is 4.79 Å².